The SMILES string of the molecule is C=CC(N)C#N. The number of nitriles is 1. The van der Waals surface area contributed by atoms with Crippen LogP contribution >= 0.6 is 0 Å². The fraction of sp³-hybridized carbons (Fsp3) is 0.250. The van der Waals surface area contributed by atoms with Crippen molar-refractivity contribution in [1.82, 2.24) is 0 Å². The predicted octanol–water partition coefficient (Wildman–Crippen LogP) is 0.0233. The molecule has 0 aliphatic heterocycles. The standard InChI is InChI=1S/C4H6N2/c1-2-4(6)3-5/h2,4H,1,6H2. The van der Waals surface area contributed by atoms with Crippen LogP contribution in [0.1, 0.15) is 0 Å². The number of nitrogens with zero attached hydrogens (tertiary/aromatic N) is 1. The molecule has 0 amide bonds. The summed E-state index contributed by atoms with van der Waals surface area (Å²) >= 11 is 0. The lowest BCUT2D eigenvalue weighted by Gasteiger charge is -1.82. The largest absolute Gasteiger partial charge is 0.313 e. The van der Waals surface area contributed by atoms with Crippen molar-refractivity contribution in [2.75, 3.05) is 0 Å². The van der Waals surface area contributed by atoms with Gasteiger partial charge in [-0.2, -0.15) is 5.26 Å². The second kappa shape index (κ2) is 2.43. The zero-order valence-electron chi connectivity index (χ0n) is 3.39. The molecule has 2 heteroatoms. The zero-order chi connectivity index (χ0) is 4.99. The van der Waals surface area contributed by atoms with Crippen LogP contribution in [-0.2, 0) is 0 Å². The monoisotopic (exact) mass is 82.1 g/mol. The van der Waals surface area contributed by atoms with Crippen LogP contribution in [0, 0.1) is 11.3 Å². The van der Waals surface area contributed by atoms with Gasteiger partial charge in [0.2, 0.25) is 0 Å². The number of hydrogen-bond donors (Lipinski definition) is 1. The number of hydrogen-bond acceptors (Lipinski definition) is 2. The van der Waals surface area contributed by atoms with Gasteiger partial charge in [0, 0.05) is 0 Å². The summed E-state index contributed by atoms with van der Waals surface area (Å²) in [5, 5.41) is 7.89. The highest BCUT2D eigenvalue weighted by Gasteiger charge is 1.83. The molecule has 0 aromatic rings. The van der Waals surface area contributed by atoms with Crippen LogP contribution in [-0.4, -0.2) is 6.04 Å². The minimum Gasteiger partial charge on any atom is -0.313 e. The molecule has 0 bridgehead atoms. The van der Waals surface area contributed by atoms with E-state index in [0.717, 1.165) is 0 Å². The van der Waals surface area contributed by atoms with Gasteiger partial charge in [-0.3, -0.25) is 0 Å². The Hall–Kier alpha value is -0.810. The van der Waals surface area contributed by atoms with Gasteiger partial charge >= 0.3 is 0 Å². The molecule has 0 saturated carbocycles. The minimum atomic E-state index is -0.495. The molecule has 0 fully saturated rings. The lowest BCUT2D eigenvalue weighted by Crippen LogP contribution is -2.11. The molecule has 2 nitrogen and oxygen atoms in total. The Morgan fingerprint density at radius 2 is 2.50 bits per heavy atom. The average Bonchev–Trinajstić information content (AvgIpc) is 1.65. The highest BCUT2D eigenvalue weighted by molar-refractivity contribution is 4.99. The second-order valence-electron chi connectivity index (χ2n) is 0.891. The first-order valence-corrected chi connectivity index (χ1v) is 1.59. The van der Waals surface area contributed by atoms with Crippen molar-refractivity contribution in [3.8, 4) is 6.07 Å². The van der Waals surface area contributed by atoms with Gasteiger partial charge in [-0.05, 0) is 0 Å². The molecule has 32 valence electrons. The van der Waals surface area contributed by atoms with Crippen LogP contribution < -0.4 is 5.73 Å². The van der Waals surface area contributed by atoms with E-state index in [1.54, 1.807) is 6.07 Å². The van der Waals surface area contributed by atoms with E-state index in [9.17, 15) is 0 Å². The summed E-state index contributed by atoms with van der Waals surface area (Å²) in [6, 6.07) is 1.28. The molecule has 2 N–H and O–H groups in total. The van der Waals surface area contributed by atoms with Crippen molar-refractivity contribution in [3.05, 3.63) is 12.7 Å². The molecule has 1 atom stereocenters. The van der Waals surface area contributed by atoms with Gasteiger partial charge in [-0.1, -0.05) is 6.08 Å². The average molecular weight is 82.1 g/mol. The van der Waals surface area contributed by atoms with Crippen LogP contribution in [0.15, 0.2) is 12.7 Å². The maximum Gasteiger partial charge on any atom is 0.111 e. The van der Waals surface area contributed by atoms with Gasteiger partial charge in [0.25, 0.3) is 0 Å². The van der Waals surface area contributed by atoms with Crippen molar-refractivity contribution in [2.45, 2.75) is 6.04 Å². The third kappa shape index (κ3) is 1.50. The Balaban J connectivity index is 3.30. The fourth-order valence-corrected chi connectivity index (χ4v) is 0.0527. The minimum absolute atomic E-state index is 0.495. The molecule has 0 aliphatic carbocycles. The summed E-state index contributed by atoms with van der Waals surface area (Å²) in [6.45, 7) is 3.28. The van der Waals surface area contributed by atoms with Gasteiger partial charge in [-0.25, -0.2) is 0 Å². The van der Waals surface area contributed by atoms with Gasteiger partial charge < -0.3 is 5.73 Å². The van der Waals surface area contributed by atoms with Crippen LogP contribution in [0.2, 0.25) is 0 Å². The smallest absolute Gasteiger partial charge is 0.111 e. The summed E-state index contributed by atoms with van der Waals surface area (Å²) in [4.78, 5) is 0. The van der Waals surface area contributed by atoms with Crippen molar-refractivity contribution >= 4 is 0 Å². The Morgan fingerprint density at radius 3 is 2.50 bits per heavy atom. The molecule has 6 heavy (non-hydrogen) atoms. The summed E-state index contributed by atoms with van der Waals surface area (Å²) in [6.07, 6.45) is 1.39. The molecule has 0 heterocycles. The van der Waals surface area contributed by atoms with Crippen LogP contribution in [0.3, 0.4) is 0 Å². The maximum absolute atomic E-state index is 7.89. The molecule has 0 radical (unpaired) electrons. The zero-order valence-corrected chi connectivity index (χ0v) is 3.39. The number of nitrogens with two attached hydrogens (primary N) is 1. The Bertz CT molecular complexity index is 80.0. The van der Waals surface area contributed by atoms with Gasteiger partial charge in [-0.15, -0.1) is 6.58 Å². The van der Waals surface area contributed by atoms with Crippen molar-refractivity contribution in [3.63, 3.8) is 0 Å². The van der Waals surface area contributed by atoms with Crippen molar-refractivity contribution < 1.29 is 0 Å². The second-order valence-corrected chi connectivity index (χ2v) is 0.891. The highest BCUT2D eigenvalue weighted by atomic mass is 14.6. The van der Waals surface area contributed by atoms with Gasteiger partial charge in [0.05, 0.1) is 6.07 Å². The fourth-order valence-electron chi connectivity index (χ4n) is 0.0527. The van der Waals surface area contributed by atoms with E-state index in [0.29, 0.717) is 0 Å². The Kier molecular flexibility index (Phi) is 2.10. The van der Waals surface area contributed by atoms with Crippen LogP contribution in [0.4, 0.5) is 0 Å². The molecule has 0 aliphatic rings. The van der Waals surface area contributed by atoms with E-state index in [4.69, 9.17) is 11.0 Å². The lowest BCUT2D eigenvalue weighted by molar-refractivity contribution is 1.04. The molecule has 0 saturated heterocycles. The van der Waals surface area contributed by atoms with E-state index in [-0.39, 0.29) is 0 Å². The van der Waals surface area contributed by atoms with Crippen LogP contribution in [0.5, 0.6) is 0 Å². The van der Waals surface area contributed by atoms with Gasteiger partial charge in [0.15, 0.2) is 0 Å². The normalized spacial score (nSPS) is 12.0. The summed E-state index contributed by atoms with van der Waals surface area (Å²) in [5.41, 5.74) is 4.99. The molecule has 0 aromatic carbocycles. The molecule has 0 spiro atoms. The lowest BCUT2D eigenvalue weighted by atomic mass is 10.4. The number of rotatable bonds is 1. The van der Waals surface area contributed by atoms with Crippen molar-refractivity contribution in [2.24, 2.45) is 5.73 Å². The van der Waals surface area contributed by atoms with E-state index in [1.807, 2.05) is 0 Å². The maximum atomic E-state index is 7.89. The quantitative estimate of drug-likeness (QED) is 0.453. The first-order valence-electron chi connectivity index (χ1n) is 1.59. The van der Waals surface area contributed by atoms with Crippen LogP contribution in [0.25, 0.3) is 0 Å². The van der Waals surface area contributed by atoms with E-state index >= 15 is 0 Å². The van der Waals surface area contributed by atoms with Gasteiger partial charge in [0.1, 0.15) is 6.04 Å². The summed E-state index contributed by atoms with van der Waals surface area (Å²) in [7, 11) is 0. The first-order chi connectivity index (χ1) is 2.81. The third-order valence-electron chi connectivity index (χ3n) is 0.403. The first kappa shape index (κ1) is 5.19. The molecule has 0 rings (SSSR count). The Morgan fingerprint density at radius 1 is 2.00 bits per heavy atom. The third-order valence-corrected chi connectivity index (χ3v) is 0.403. The van der Waals surface area contributed by atoms with Crippen molar-refractivity contribution in [1.29, 1.82) is 5.26 Å². The highest BCUT2D eigenvalue weighted by Crippen LogP contribution is 1.68. The predicted molar refractivity (Wildman–Crippen MR) is 23.8 cm³/mol. The molecule has 1 unspecified atom stereocenters. The summed E-state index contributed by atoms with van der Waals surface area (Å²) < 4.78 is 0. The topological polar surface area (TPSA) is 49.8 Å². The van der Waals surface area contributed by atoms with E-state index in [2.05, 4.69) is 6.58 Å². The summed E-state index contributed by atoms with van der Waals surface area (Å²) in [5.74, 6) is 0. The Labute approximate surface area is 36.9 Å². The molecule has 0 aromatic heterocycles. The van der Waals surface area contributed by atoms with E-state index in [1.165, 1.54) is 6.08 Å². The molecular weight excluding hydrogens is 76.1 g/mol. The van der Waals surface area contributed by atoms with E-state index < -0.39 is 6.04 Å². The molecular formula is C4H6N2.